The van der Waals surface area contributed by atoms with Gasteiger partial charge in [0.15, 0.2) is 9.54 Å². The molecule has 4 nitrogen and oxygen atoms in total. The lowest BCUT2D eigenvalue weighted by atomic mass is 10.6. The quantitative estimate of drug-likeness (QED) is 0.566. The summed E-state index contributed by atoms with van der Waals surface area (Å²) in [5.74, 6) is 2.13. The van der Waals surface area contributed by atoms with E-state index in [2.05, 4.69) is 0 Å². The fourth-order valence-electron chi connectivity index (χ4n) is 1.34. The van der Waals surface area contributed by atoms with Gasteiger partial charge < -0.3 is 9.47 Å². The van der Waals surface area contributed by atoms with E-state index in [-0.39, 0.29) is 9.54 Å². The van der Waals surface area contributed by atoms with E-state index in [4.69, 9.17) is 9.47 Å². The van der Waals surface area contributed by atoms with E-state index >= 15 is 0 Å². The van der Waals surface area contributed by atoms with Crippen LogP contribution >= 0.6 is 47.0 Å². The Morgan fingerprint density at radius 2 is 1.06 bits per heavy atom. The van der Waals surface area contributed by atoms with Crippen LogP contribution in [-0.2, 0) is 19.1 Å². The Balaban J connectivity index is 1.71. The predicted molar refractivity (Wildman–Crippen MR) is 78.8 cm³/mol. The molecule has 0 amide bonds. The summed E-state index contributed by atoms with van der Waals surface area (Å²) >= 11 is 6.23. The number of thioether (sulfide) groups is 4. The van der Waals surface area contributed by atoms with Crippen LogP contribution in [0.1, 0.15) is 12.8 Å². The molecule has 0 saturated carbocycles. The van der Waals surface area contributed by atoms with Gasteiger partial charge in [-0.05, 0) is 35.9 Å². The third-order valence-electron chi connectivity index (χ3n) is 2.17. The molecule has 2 aliphatic rings. The van der Waals surface area contributed by atoms with Crippen LogP contribution in [0, 0.1) is 0 Å². The van der Waals surface area contributed by atoms with E-state index in [0.29, 0.717) is 0 Å². The molecule has 2 rings (SSSR count). The van der Waals surface area contributed by atoms with Crippen molar-refractivity contribution in [2.75, 3.05) is 23.0 Å². The molecule has 0 spiro atoms. The Kier molecular flexibility index (Phi) is 6.40. The molecule has 0 aliphatic carbocycles. The van der Waals surface area contributed by atoms with Gasteiger partial charge in [-0.1, -0.05) is 0 Å². The van der Waals surface area contributed by atoms with Crippen molar-refractivity contribution in [2.45, 2.75) is 22.4 Å². The first kappa shape index (κ1) is 14.7. The summed E-state index contributed by atoms with van der Waals surface area (Å²) < 4.78 is 9.66. The molecule has 2 fully saturated rings. The molecule has 0 unspecified atom stereocenters. The first-order chi connectivity index (χ1) is 8.75. The van der Waals surface area contributed by atoms with Gasteiger partial charge in [0.2, 0.25) is 0 Å². The fraction of sp³-hybridized carbons (Fsp3) is 0.800. The molecule has 0 N–H and O–H groups in total. The van der Waals surface area contributed by atoms with Crippen molar-refractivity contribution in [2.24, 2.45) is 0 Å². The summed E-state index contributed by atoms with van der Waals surface area (Å²) in [6.07, 6.45) is 2.23. The minimum Gasteiger partial charge on any atom is -0.432 e. The topological polar surface area (TPSA) is 52.6 Å². The average molecular weight is 326 g/mol. The second kappa shape index (κ2) is 7.81. The van der Waals surface area contributed by atoms with E-state index < -0.39 is 11.9 Å². The standard InChI is InChI=1S/C10H14O4S4/c11-7(13-9-15-3-1-4-16-9)8(12)14-10-17-5-2-6-18-10/h9-10H,1-6H2. The number of esters is 2. The molecule has 0 aromatic rings. The second-order valence-electron chi connectivity index (χ2n) is 3.58. The predicted octanol–water partition coefficient (Wildman–Crippen LogP) is 2.38. The molecule has 18 heavy (non-hydrogen) atoms. The van der Waals surface area contributed by atoms with Gasteiger partial charge in [0.25, 0.3) is 0 Å². The van der Waals surface area contributed by atoms with E-state index in [1.54, 1.807) is 47.0 Å². The maximum Gasteiger partial charge on any atom is 0.419 e. The fourth-order valence-corrected chi connectivity index (χ4v) is 6.26. The first-order valence-electron chi connectivity index (χ1n) is 5.64. The van der Waals surface area contributed by atoms with Gasteiger partial charge in [-0.3, -0.25) is 0 Å². The summed E-state index contributed by atoms with van der Waals surface area (Å²) in [7, 11) is 0. The van der Waals surface area contributed by atoms with Crippen molar-refractivity contribution < 1.29 is 19.1 Å². The van der Waals surface area contributed by atoms with Gasteiger partial charge in [-0.25, -0.2) is 9.59 Å². The van der Waals surface area contributed by atoms with Gasteiger partial charge in [0.05, 0.1) is 0 Å². The number of carbonyl (C=O) groups is 2. The van der Waals surface area contributed by atoms with Gasteiger partial charge >= 0.3 is 11.9 Å². The van der Waals surface area contributed by atoms with Crippen molar-refractivity contribution in [3.05, 3.63) is 0 Å². The Bertz CT molecular complexity index is 270. The van der Waals surface area contributed by atoms with Gasteiger partial charge in [0, 0.05) is 0 Å². The van der Waals surface area contributed by atoms with Crippen LogP contribution in [0.4, 0.5) is 0 Å². The zero-order chi connectivity index (χ0) is 12.8. The van der Waals surface area contributed by atoms with Gasteiger partial charge in [-0.15, -0.1) is 47.0 Å². The first-order valence-corrected chi connectivity index (χ1v) is 9.83. The van der Waals surface area contributed by atoms with E-state index in [0.717, 1.165) is 35.9 Å². The van der Waals surface area contributed by atoms with Crippen LogP contribution in [0.2, 0.25) is 0 Å². The summed E-state index contributed by atoms with van der Waals surface area (Å²) in [5.41, 5.74) is 0. The Morgan fingerprint density at radius 3 is 1.39 bits per heavy atom. The number of rotatable bonds is 2. The number of hydrogen-bond donors (Lipinski definition) is 0. The van der Waals surface area contributed by atoms with Crippen LogP contribution < -0.4 is 0 Å². The molecule has 2 aliphatic heterocycles. The molecular formula is C10H14O4S4. The lowest BCUT2D eigenvalue weighted by Gasteiger charge is -2.22. The zero-order valence-electron chi connectivity index (χ0n) is 9.66. The van der Waals surface area contributed by atoms with Gasteiger partial charge in [0.1, 0.15) is 0 Å². The molecule has 102 valence electrons. The highest BCUT2D eigenvalue weighted by Crippen LogP contribution is 2.33. The summed E-state index contributed by atoms with van der Waals surface area (Å²) in [5, 5.41) is 0. The molecule has 2 heterocycles. The van der Waals surface area contributed by atoms with Crippen molar-refractivity contribution in [1.29, 1.82) is 0 Å². The molecule has 0 atom stereocenters. The summed E-state index contributed by atoms with van der Waals surface area (Å²) in [6.45, 7) is 0. The number of carbonyl (C=O) groups excluding carboxylic acids is 2. The van der Waals surface area contributed by atoms with Crippen molar-refractivity contribution in [1.82, 2.24) is 0 Å². The number of hydrogen-bond acceptors (Lipinski definition) is 8. The van der Waals surface area contributed by atoms with Crippen LogP contribution in [0.5, 0.6) is 0 Å². The lowest BCUT2D eigenvalue weighted by molar-refractivity contribution is -0.166. The highest BCUT2D eigenvalue weighted by molar-refractivity contribution is 8.17. The van der Waals surface area contributed by atoms with Crippen molar-refractivity contribution in [3.8, 4) is 0 Å². The minimum absolute atomic E-state index is 0.259. The normalized spacial score (nSPS) is 22.4. The second-order valence-corrected chi connectivity index (χ2v) is 8.85. The molecule has 8 heteroatoms. The summed E-state index contributed by atoms with van der Waals surface area (Å²) in [4.78, 5) is 23.1. The molecule has 0 radical (unpaired) electrons. The highest BCUT2D eigenvalue weighted by atomic mass is 32.2. The van der Waals surface area contributed by atoms with Crippen LogP contribution in [0.15, 0.2) is 0 Å². The zero-order valence-corrected chi connectivity index (χ0v) is 12.9. The van der Waals surface area contributed by atoms with Crippen LogP contribution in [0.25, 0.3) is 0 Å². The minimum atomic E-state index is -0.867. The maximum absolute atomic E-state index is 11.5. The molecule has 0 aromatic heterocycles. The number of ether oxygens (including phenoxy) is 2. The van der Waals surface area contributed by atoms with E-state index in [1.807, 2.05) is 0 Å². The van der Waals surface area contributed by atoms with E-state index in [9.17, 15) is 9.59 Å². The summed E-state index contributed by atoms with van der Waals surface area (Å²) in [6, 6.07) is 0. The Hall–Kier alpha value is 0.340. The molecule has 2 saturated heterocycles. The average Bonchev–Trinajstić information content (AvgIpc) is 2.41. The van der Waals surface area contributed by atoms with Crippen LogP contribution in [0.3, 0.4) is 0 Å². The third kappa shape index (κ3) is 4.79. The monoisotopic (exact) mass is 326 g/mol. The maximum atomic E-state index is 11.5. The Morgan fingerprint density at radius 1 is 0.722 bits per heavy atom. The van der Waals surface area contributed by atoms with Crippen molar-refractivity contribution in [3.63, 3.8) is 0 Å². The Labute approximate surface area is 123 Å². The molecular weight excluding hydrogens is 312 g/mol. The van der Waals surface area contributed by atoms with Crippen molar-refractivity contribution >= 4 is 59.0 Å². The SMILES string of the molecule is O=C(OC1SCCCS1)C(=O)OC1SCCCS1. The molecule has 0 aromatic carbocycles. The smallest absolute Gasteiger partial charge is 0.419 e. The lowest BCUT2D eigenvalue weighted by Crippen LogP contribution is -2.27. The van der Waals surface area contributed by atoms with E-state index in [1.165, 1.54) is 0 Å². The molecule has 0 bridgehead atoms. The third-order valence-corrected chi connectivity index (χ3v) is 7.37. The van der Waals surface area contributed by atoms with Crippen LogP contribution in [-0.4, -0.2) is 44.5 Å². The highest BCUT2D eigenvalue weighted by Gasteiger charge is 2.28. The van der Waals surface area contributed by atoms with Gasteiger partial charge in [-0.2, -0.15) is 0 Å². The largest absolute Gasteiger partial charge is 0.432 e.